The van der Waals surface area contributed by atoms with Crippen molar-refractivity contribution in [1.82, 2.24) is 9.97 Å². The Morgan fingerprint density at radius 3 is 2.61 bits per heavy atom. The van der Waals surface area contributed by atoms with Crippen LogP contribution in [0.5, 0.6) is 0 Å². The van der Waals surface area contributed by atoms with Gasteiger partial charge in [0, 0.05) is 17.6 Å². The van der Waals surface area contributed by atoms with Crippen LogP contribution >= 0.6 is 0 Å². The van der Waals surface area contributed by atoms with Crippen molar-refractivity contribution in [2.24, 2.45) is 5.92 Å². The van der Waals surface area contributed by atoms with Crippen LogP contribution in [0, 0.1) is 5.92 Å². The number of fused-ring (bicyclic) bond motifs is 1. The van der Waals surface area contributed by atoms with E-state index in [1.807, 2.05) is 32.0 Å². The molecule has 0 unspecified atom stereocenters. The van der Waals surface area contributed by atoms with E-state index in [-0.39, 0.29) is 11.7 Å². The van der Waals surface area contributed by atoms with Crippen LogP contribution < -0.4 is 5.32 Å². The van der Waals surface area contributed by atoms with Crippen LogP contribution in [0.1, 0.15) is 38.3 Å². The molecule has 2 N–H and O–H groups in total. The number of anilines is 1. The fraction of sp³-hybridized carbons (Fsp3) is 0.429. The summed E-state index contributed by atoms with van der Waals surface area (Å²) >= 11 is 0. The van der Waals surface area contributed by atoms with E-state index in [1.165, 1.54) is 0 Å². The SMILES string of the molecule is CC(C)Nc1ccc2nc(C(=O)C(C)C)[nH]c2c1. The standard InChI is InChI=1S/C14H19N3O/c1-8(2)13(18)14-16-11-6-5-10(15-9(3)4)7-12(11)17-14/h5-9,15H,1-4H3,(H,16,17). The molecule has 0 saturated heterocycles. The van der Waals surface area contributed by atoms with Crippen molar-refractivity contribution in [3.8, 4) is 0 Å². The second kappa shape index (κ2) is 4.80. The number of rotatable bonds is 4. The predicted molar refractivity (Wildman–Crippen MR) is 74.0 cm³/mol. The number of imidazole rings is 1. The van der Waals surface area contributed by atoms with Crippen LogP contribution in [0.3, 0.4) is 0 Å². The van der Waals surface area contributed by atoms with Gasteiger partial charge in [0.1, 0.15) is 0 Å². The van der Waals surface area contributed by atoms with E-state index in [4.69, 9.17) is 0 Å². The number of benzene rings is 1. The highest BCUT2D eigenvalue weighted by Crippen LogP contribution is 2.19. The summed E-state index contributed by atoms with van der Waals surface area (Å²) in [7, 11) is 0. The Balaban J connectivity index is 2.36. The quantitative estimate of drug-likeness (QED) is 0.813. The second-order valence-corrected chi connectivity index (χ2v) is 5.14. The van der Waals surface area contributed by atoms with Crippen molar-refractivity contribution in [3.63, 3.8) is 0 Å². The average Bonchev–Trinajstić information content (AvgIpc) is 2.69. The first-order chi connectivity index (χ1) is 8.47. The Kier molecular flexibility index (Phi) is 3.36. The van der Waals surface area contributed by atoms with Crippen LogP contribution in [-0.2, 0) is 0 Å². The van der Waals surface area contributed by atoms with E-state index in [2.05, 4.69) is 29.1 Å². The predicted octanol–water partition coefficient (Wildman–Crippen LogP) is 3.22. The van der Waals surface area contributed by atoms with Gasteiger partial charge in [-0.25, -0.2) is 4.98 Å². The van der Waals surface area contributed by atoms with Gasteiger partial charge in [-0.1, -0.05) is 13.8 Å². The second-order valence-electron chi connectivity index (χ2n) is 5.14. The van der Waals surface area contributed by atoms with Gasteiger partial charge in [0.2, 0.25) is 5.78 Å². The van der Waals surface area contributed by atoms with Crippen molar-refractivity contribution < 1.29 is 4.79 Å². The zero-order valence-electron chi connectivity index (χ0n) is 11.2. The van der Waals surface area contributed by atoms with Gasteiger partial charge in [0.25, 0.3) is 0 Å². The molecule has 1 aromatic heterocycles. The molecular formula is C14H19N3O. The summed E-state index contributed by atoms with van der Waals surface area (Å²) in [6.07, 6.45) is 0. The monoisotopic (exact) mass is 245 g/mol. The first-order valence-corrected chi connectivity index (χ1v) is 6.28. The lowest BCUT2D eigenvalue weighted by Crippen LogP contribution is -2.09. The molecule has 2 rings (SSSR count). The third-order valence-electron chi connectivity index (χ3n) is 2.69. The topological polar surface area (TPSA) is 57.8 Å². The van der Waals surface area contributed by atoms with Crippen LogP contribution in [0.4, 0.5) is 5.69 Å². The number of hydrogen-bond acceptors (Lipinski definition) is 3. The zero-order chi connectivity index (χ0) is 13.3. The molecule has 1 heterocycles. The van der Waals surface area contributed by atoms with Crippen LogP contribution in [-0.4, -0.2) is 21.8 Å². The van der Waals surface area contributed by atoms with Crippen molar-refractivity contribution in [2.45, 2.75) is 33.7 Å². The third-order valence-corrected chi connectivity index (χ3v) is 2.69. The minimum atomic E-state index is -0.0428. The molecule has 0 aliphatic carbocycles. The Hall–Kier alpha value is -1.84. The van der Waals surface area contributed by atoms with Crippen LogP contribution in [0.15, 0.2) is 18.2 Å². The van der Waals surface area contributed by atoms with Crippen molar-refractivity contribution in [3.05, 3.63) is 24.0 Å². The Morgan fingerprint density at radius 1 is 1.28 bits per heavy atom. The number of Topliss-reactive ketones (excluding diaryl/α,β-unsaturated/α-hetero) is 1. The summed E-state index contributed by atoms with van der Waals surface area (Å²) in [5.74, 6) is 0.449. The van der Waals surface area contributed by atoms with Crippen LogP contribution in [0.2, 0.25) is 0 Å². The first kappa shape index (κ1) is 12.6. The number of nitrogens with one attached hydrogen (secondary N) is 2. The lowest BCUT2D eigenvalue weighted by atomic mass is 10.1. The molecular weight excluding hydrogens is 226 g/mol. The Morgan fingerprint density at radius 2 is 2.00 bits per heavy atom. The van der Waals surface area contributed by atoms with E-state index < -0.39 is 0 Å². The molecule has 0 radical (unpaired) electrons. The smallest absolute Gasteiger partial charge is 0.200 e. The number of carbonyl (C=O) groups is 1. The highest BCUT2D eigenvalue weighted by atomic mass is 16.1. The highest BCUT2D eigenvalue weighted by Gasteiger charge is 2.15. The van der Waals surface area contributed by atoms with E-state index in [9.17, 15) is 4.79 Å². The third kappa shape index (κ3) is 2.53. The molecule has 4 nitrogen and oxygen atoms in total. The molecule has 2 aromatic rings. The molecule has 96 valence electrons. The summed E-state index contributed by atoms with van der Waals surface area (Å²) in [5, 5.41) is 3.33. The Labute approximate surface area is 107 Å². The molecule has 0 aliphatic rings. The molecule has 0 aliphatic heterocycles. The van der Waals surface area contributed by atoms with Gasteiger partial charge in [-0.2, -0.15) is 0 Å². The molecule has 18 heavy (non-hydrogen) atoms. The number of nitrogens with zero attached hydrogens (tertiary/aromatic N) is 1. The number of aromatic amines is 1. The van der Waals surface area contributed by atoms with E-state index >= 15 is 0 Å². The fourth-order valence-corrected chi connectivity index (χ4v) is 1.82. The van der Waals surface area contributed by atoms with Gasteiger partial charge in [-0.15, -0.1) is 0 Å². The number of carbonyl (C=O) groups excluding carboxylic acids is 1. The van der Waals surface area contributed by atoms with Crippen molar-refractivity contribution in [1.29, 1.82) is 0 Å². The molecule has 4 heteroatoms. The summed E-state index contributed by atoms with van der Waals surface area (Å²) in [6, 6.07) is 6.27. The fourth-order valence-electron chi connectivity index (χ4n) is 1.82. The van der Waals surface area contributed by atoms with Gasteiger partial charge in [-0.05, 0) is 32.0 Å². The minimum absolute atomic E-state index is 0.0428. The van der Waals surface area contributed by atoms with E-state index in [0.717, 1.165) is 16.7 Å². The molecule has 1 aromatic carbocycles. The molecule has 0 amide bonds. The summed E-state index contributed by atoms with van der Waals surface area (Å²) in [6.45, 7) is 7.93. The Bertz CT molecular complexity index is 569. The lowest BCUT2D eigenvalue weighted by molar-refractivity contribution is 0.0930. The number of hydrogen-bond donors (Lipinski definition) is 2. The van der Waals surface area contributed by atoms with Gasteiger partial charge in [0.05, 0.1) is 11.0 Å². The van der Waals surface area contributed by atoms with Gasteiger partial charge >= 0.3 is 0 Å². The van der Waals surface area contributed by atoms with Crippen LogP contribution in [0.25, 0.3) is 11.0 Å². The number of ketones is 1. The molecule has 0 spiro atoms. The van der Waals surface area contributed by atoms with Crippen molar-refractivity contribution in [2.75, 3.05) is 5.32 Å². The molecule has 0 atom stereocenters. The number of aromatic nitrogens is 2. The maximum absolute atomic E-state index is 11.9. The normalized spacial score (nSPS) is 11.4. The largest absolute Gasteiger partial charge is 0.383 e. The van der Waals surface area contributed by atoms with E-state index in [0.29, 0.717) is 11.9 Å². The average molecular weight is 245 g/mol. The first-order valence-electron chi connectivity index (χ1n) is 6.28. The molecule has 0 fully saturated rings. The molecule has 0 bridgehead atoms. The summed E-state index contributed by atoms with van der Waals surface area (Å²) in [4.78, 5) is 19.3. The lowest BCUT2D eigenvalue weighted by Gasteiger charge is -2.08. The highest BCUT2D eigenvalue weighted by molar-refractivity contribution is 5.97. The van der Waals surface area contributed by atoms with Gasteiger partial charge in [0.15, 0.2) is 5.82 Å². The molecule has 0 saturated carbocycles. The number of H-pyrrole nitrogens is 1. The summed E-state index contributed by atoms with van der Waals surface area (Å²) in [5.41, 5.74) is 2.75. The van der Waals surface area contributed by atoms with Crippen molar-refractivity contribution >= 4 is 22.5 Å². The maximum Gasteiger partial charge on any atom is 0.200 e. The summed E-state index contributed by atoms with van der Waals surface area (Å²) < 4.78 is 0. The minimum Gasteiger partial charge on any atom is -0.383 e. The van der Waals surface area contributed by atoms with E-state index in [1.54, 1.807) is 0 Å². The van der Waals surface area contributed by atoms with Gasteiger partial charge in [-0.3, -0.25) is 4.79 Å². The zero-order valence-corrected chi connectivity index (χ0v) is 11.2. The van der Waals surface area contributed by atoms with Gasteiger partial charge < -0.3 is 10.3 Å². The maximum atomic E-state index is 11.9.